The lowest BCUT2D eigenvalue weighted by atomic mass is 9.93. The number of aliphatic hydroxyl groups is 1. The first-order valence-corrected chi connectivity index (χ1v) is 5.59. The van der Waals surface area contributed by atoms with Crippen LogP contribution in [0.4, 0.5) is 0 Å². The molecule has 0 saturated carbocycles. The molecule has 5 heteroatoms. The molecule has 12 heavy (non-hydrogen) atoms. The average Bonchev–Trinajstić information content (AvgIpc) is 2.21. The molecule has 0 aromatic heterocycles. The molecule has 3 heterocycles. The van der Waals surface area contributed by atoms with Crippen molar-refractivity contribution in [2.45, 2.75) is 6.92 Å². The smallest absolute Gasteiger partial charge is 0.253 e. The molecule has 1 N–H and O–H groups in total. The fourth-order valence-corrected chi connectivity index (χ4v) is 3.31. The Labute approximate surface area is 71.7 Å². The van der Waals surface area contributed by atoms with Crippen LogP contribution in [0.15, 0.2) is 0 Å². The van der Waals surface area contributed by atoms with E-state index in [2.05, 4.69) is 0 Å². The minimum Gasteiger partial charge on any atom is -0.396 e. The van der Waals surface area contributed by atoms with Gasteiger partial charge in [-0.15, -0.1) is 0 Å². The van der Waals surface area contributed by atoms with Gasteiger partial charge in [0, 0.05) is 0 Å². The van der Waals surface area contributed by atoms with Crippen LogP contribution in [-0.4, -0.2) is 37.3 Å². The molecule has 3 saturated heterocycles. The highest BCUT2D eigenvalue weighted by Crippen LogP contribution is 2.60. The van der Waals surface area contributed by atoms with Gasteiger partial charge in [-0.05, 0) is 12.7 Å². The largest absolute Gasteiger partial charge is 0.396 e. The van der Waals surface area contributed by atoms with Crippen molar-refractivity contribution in [3.8, 4) is 0 Å². The Morgan fingerprint density at radius 1 is 1.33 bits per heavy atom. The number of fused-ring (bicyclic) bond motifs is 3. The first-order valence-electron chi connectivity index (χ1n) is 3.98. The molecule has 3 fully saturated rings. The molecule has 3 rings (SSSR count). The number of rotatable bonds is 1. The zero-order valence-corrected chi connectivity index (χ0v) is 7.92. The van der Waals surface area contributed by atoms with E-state index in [1.807, 2.05) is 12.7 Å². The molecule has 2 bridgehead atoms. The van der Waals surface area contributed by atoms with E-state index in [-0.39, 0.29) is 12.0 Å². The maximum Gasteiger partial charge on any atom is 0.253 e. The number of aliphatic hydroxyl groups excluding tert-OH is 1. The number of hydrogen-bond donors (Lipinski definition) is 1. The van der Waals surface area contributed by atoms with Crippen molar-refractivity contribution in [2.75, 3.05) is 26.4 Å². The van der Waals surface area contributed by atoms with Gasteiger partial charge in [0.05, 0.1) is 31.8 Å². The third-order valence-electron chi connectivity index (χ3n) is 2.30. The van der Waals surface area contributed by atoms with Gasteiger partial charge in [0.15, 0.2) is 0 Å². The Kier molecular flexibility index (Phi) is 2.05. The van der Waals surface area contributed by atoms with Crippen molar-refractivity contribution in [1.82, 2.24) is 0 Å². The van der Waals surface area contributed by atoms with Crippen LogP contribution in [-0.2, 0) is 13.6 Å². The fourth-order valence-electron chi connectivity index (χ4n) is 1.28. The fraction of sp³-hybridized carbons (Fsp3) is 0.857. The summed E-state index contributed by atoms with van der Waals surface area (Å²) in [6.07, 6.45) is 0. The number of hydrogen-bond acceptors (Lipinski definition) is 4. The molecular formula is C7H13O4P. The summed E-state index contributed by atoms with van der Waals surface area (Å²) in [5, 5.41) is 9.08. The third-order valence-corrected chi connectivity index (χ3v) is 4.40. The zero-order valence-electron chi connectivity index (χ0n) is 7.02. The lowest BCUT2D eigenvalue weighted by molar-refractivity contribution is -0.0992. The predicted octanol–water partition coefficient (Wildman–Crippen LogP) is 0.627. The summed E-state index contributed by atoms with van der Waals surface area (Å²) in [5.41, 5.74) is -0.301. The van der Waals surface area contributed by atoms with Crippen LogP contribution >= 0.6 is 7.57 Å². The minimum absolute atomic E-state index is 0.0662. The van der Waals surface area contributed by atoms with Crippen LogP contribution in [0.25, 0.3) is 0 Å². The Morgan fingerprint density at radius 3 is 2.17 bits per heavy atom. The first kappa shape index (κ1) is 8.73. The lowest BCUT2D eigenvalue weighted by Crippen LogP contribution is -2.47. The van der Waals surface area contributed by atoms with Crippen molar-refractivity contribution < 1.29 is 18.7 Å². The highest BCUT2D eigenvalue weighted by atomic mass is 31.2. The van der Waals surface area contributed by atoms with Crippen LogP contribution < -0.4 is 0 Å². The molecule has 3 aliphatic rings. The summed E-state index contributed by atoms with van der Waals surface area (Å²) in [4.78, 5) is 0. The molecule has 0 unspecified atom stereocenters. The average molecular weight is 192 g/mol. The van der Waals surface area contributed by atoms with Gasteiger partial charge in [0.25, 0.3) is 7.57 Å². The van der Waals surface area contributed by atoms with Gasteiger partial charge in [0.1, 0.15) is 0 Å². The van der Waals surface area contributed by atoms with Crippen LogP contribution in [0.5, 0.6) is 0 Å². The van der Waals surface area contributed by atoms with Crippen LogP contribution in [0, 0.1) is 5.41 Å². The second kappa shape index (κ2) is 2.82. The summed E-state index contributed by atoms with van der Waals surface area (Å²) in [6.45, 7) is 3.62. The van der Waals surface area contributed by atoms with Gasteiger partial charge < -0.3 is 18.7 Å². The first-order chi connectivity index (χ1) is 5.74. The topological polar surface area (TPSA) is 47.9 Å². The summed E-state index contributed by atoms with van der Waals surface area (Å²) >= 11 is 0. The minimum atomic E-state index is -2.08. The summed E-state index contributed by atoms with van der Waals surface area (Å²) in [6, 6.07) is 0. The van der Waals surface area contributed by atoms with Gasteiger partial charge in [-0.1, -0.05) is 0 Å². The van der Waals surface area contributed by atoms with E-state index in [4.69, 9.17) is 18.7 Å². The monoisotopic (exact) mass is 192 g/mol. The van der Waals surface area contributed by atoms with Gasteiger partial charge in [0.2, 0.25) is 0 Å². The molecule has 0 aromatic carbocycles. The van der Waals surface area contributed by atoms with Crippen LogP contribution in [0.2, 0.25) is 0 Å². The van der Waals surface area contributed by atoms with E-state index >= 15 is 0 Å². The SMILES string of the molecule is CC=P12OCC(CO)(CO1)CO2. The molecule has 3 aliphatic heterocycles. The summed E-state index contributed by atoms with van der Waals surface area (Å²) in [7, 11) is -2.08. The Morgan fingerprint density at radius 2 is 1.83 bits per heavy atom. The molecule has 0 aromatic rings. The van der Waals surface area contributed by atoms with Crippen LogP contribution in [0.3, 0.4) is 0 Å². The van der Waals surface area contributed by atoms with E-state index in [1.54, 1.807) is 0 Å². The molecular weight excluding hydrogens is 179 g/mol. The highest BCUT2D eigenvalue weighted by molar-refractivity contribution is 7.61. The van der Waals surface area contributed by atoms with Gasteiger partial charge in [-0.3, -0.25) is 0 Å². The van der Waals surface area contributed by atoms with E-state index in [9.17, 15) is 0 Å². The molecule has 0 spiro atoms. The summed E-state index contributed by atoms with van der Waals surface area (Å²) < 4.78 is 16.4. The Balaban J connectivity index is 2.20. The van der Waals surface area contributed by atoms with Crippen molar-refractivity contribution in [2.24, 2.45) is 5.41 Å². The van der Waals surface area contributed by atoms with Crippen molar-refractivity contribution in [3.05, 3.63) is 0 Å². The molecule has 0 radical (unpaired) electrons. The van der Waals surface area contributed by atoms with Crippen LogP contribution in [0.1, 0.15) is 6.92 Å². The maximum absolute atomic E-state index is 9.08. The maximum atomic E-state index is 9.08. The van der Waals surface area contributed by atoms with E-state index in [1.165, 1.54) is 0 Å². The predicted molar refractivity (Wildman–Crippen MR) is 46.0 cm³/mol. The molecule has 0 atom stereocenters. The quantitative estimate of drug-likeness (QED) is 0.619. The van der Waals surface area contributed by atoms with Gasteiger partial charge in [-0.25, -0.2) is 0 Å². The van der Waals surface area contributed by atoms with Gasteiger partial charge >= 0.3 is 0 Å². The normalized spacial score (nSPS) is 46.2. The van der Waals surface area contributed by atoms with E-state index < -0.39 is 7.57 Å². The molecule has 4 nitrogen and oxygen atoms in total. The van der Waals surface area contributed by atoms with E-state index in [0.29, 0.717) is 19.8 Å². The zero-order chi connectivity index (χ0) is 8.66. The highest BCUT2D eigenvalue weighted by Gasteiger charge is 2.46. The Hall–Kier alpha value is 0.140. The Bertz CT molecular complexity index is 206. The lowest BCUT2D eigenvalue weighted by Gasteiger charge is -2.47. The van der Waals surface area contributed by atoms with Crippen molar-refractivity contribution in [3.63, 3.8) is 0 Å². The molecule has 70 valence electrons. The third kappa shape index (κ3) is 1.15. The second-order valence-corrected chi connectivity index (χ2v) is 5.65. The standard InChI is InChI=1S/C7H13O4P/c1-2-12-9-4-7(3-8,5-10-12)6-11-12/h2,8H,3-6H2,1H3. The second-order valence-electron chi connectivity index (χ2n) is 3.28. The van der Waals surface area contributed by atoms with Crippen molar-refractivity contribution >= 4 is 13.4 Å². The molecule has 0 aliphatic carbocycles. The van der Waals surface area contributed by atoms with Crippen molar-refractivity contribution in [1.29, 1.82) is 0 Å². The molecule has 0 amide bonds. The summed E-state index contributed by atoms with van der Waals surface area (Å²) in [5.74, 6) is 1.85. The van der Waals surface area contributed by atoms with E-state index in [0.717, 1.165) is 0 Å². The van der Waals surface area contributed by atoms with Gasteiger partial charge in [-0.2, -0.15) is 0 Å².